The second-order valence-corrected chi connectivity index (χ2v) is 6.14. The van der Waals surface area contributed by atoms with Crippen LogP contribution in [0.4, 0.5) is 0 Å². The maximum Gasteiger partial charge on any atom is 0.0107 e. The van der Waals surface area contributed by atoms with E-state index < -0.39 is 0 Å². The molecule has 1 aliphatic carbocycles. The Morgan fingerprint density at radius 1 is 1.24 bits per heavy atom. The standard InChI is InChI=1S/C14H29N3/c1-13(2)14(4-5-14)12-16-8-11-17-9-3-6-15-7-10-17/h13,15-16H,3-12H2,1-2H3. The molecule has 3 nitrogen and oxygen atoms in total. The zero-order valence-electron chi connectivity index (χ0n) is 11.6. The fourth-order valence-corrected chi connectivity index (χ4v) is 2.82. The Morgan fingerprint density at radius 3 is 2.76 bits per heavy atom. The van der Waals surface area contributed by atoms with Crippen LogP contribution in [0.3, 0.4) is 0 Å². The van der Waals surface area contributed by atoms with Gasteiger partial charge < -0.3 is 15.5 Å². The lowest BCUT2D eigenvalue weighted by molar-refractivity contribution is 0.278. The lowest BCUT2D eigenvalue weighted by Crippen LogP contribution is -2.37. The van der Waals surface area contributed by atoms with Gasteiger partial charge in [-0.05, 0) is 43.7 Å². The number of rotatable bonds is 6. The second-order valence-electron chi connectivity index (χ2n) is 6.14. The molecule has 1 saturated heterocycles. The van der Waals surface area contributed by atoms with Crippen LogP contribution in [0.1, 0.15) is 33.1 Å². The van der Waals surface area contributed by atoms with E-state index in [2.05, 4.69) is 29.4 Å². The highest BCUT2D eigenvalue weighted by Gasteiger charge is 2.44. The van der Waals surface area contributed by atoms with Crippen molar-refractivity contribution in [2.75, 3.05) is 45.8 Å². The van der Waals surface area contributed by atoms with Gasteiger partial charge in [-0.1, -0.05) is 13.8 Å². The Balaban J connectivity index is 1.56. The molecule has 17 heavy (non-hydrogen) atoms. The van der Waals surface area contributed by atoms with Gasteiger partial charge in [0.2, 0.25) is 0 Å². The van der Waals surface area contributed by atoms with Crippen LogP contribution in [0.2, 0.25) is 0 Å². The summed E-state index contributed by atoms with van der Waals surface area (Å²) in [6, 6.07) is 0. The highest BCUT2D eigenvalue weighted by Crippen LogP contribution is 2.51. The highest BCUT2D eigenvalue weighted by atomic mass is 15.2. The van der Waals surface area contributed by atoms with E-state index in [9.17, 15) is 0 Å². The molecule has 1 aliphatic heterocycles. The first-order valence-corrected chi connectivity index (χ1v) is 7.37. The van der Waals surface area contributed by atoms with Gasteiger partial charge >= 0.3 is 0 Å². The molecule has 0 bridgehead atoms. The van der Waals surface area contributed by atoms with Gasteiger partial charge in [-0.25, -0.2) is 0 Å². The molecular weight excluding hydrogens is 210 g/mol. The summed E-state index contributed by atoms with van der Waals surface area (Å²) in [5.74, 6) is 0.845. The van der Waals surface area contributed by atoms with E-state index in [0.717, 1.165) is 19.0 Å². The molecule has 2 aliphatic rings. The molecule has 2 rings (SSSR count). The van der Waals surface area contributed by atoms with Gasteiger partial charge in [-0.2, -0.15) is 0 Å². The quantitative estimate of drug-likeness (QED) is 0.684. The van der Waals surface area contributed by atoms with E-state index in [-0.39, 0.29) is 0 Å². The first kappa shape index (κ1) is 13.3. The summed E-state index contributed by atoms with van der Waals surface area (Å²) in [7, 11) is 0. The van der Waals surface area contributed by atoms with Crippen molar-refractivity contribution in [1.82, 2.24) is 15.5 Å². The van der Waals surface area contributed by atoms with Gasteiger partial charge in [0, 0.05) is 32.7 Å². The van der Waals surface area contributed by atoms with Crippen molar-refractivity contribution in [2.45, 2.75) is 33.1 Å². The number of nitrogens with zero attached hydrogens (tertiary/aromatic N) is 1. The van der Waals surface area contributed by atoms with Crippen molar-refractivity contribution in [1.29, 1.82) is 0 Å². The molecular formula is C14H29N3. The molecule has 0 aromatic carbocycles. The Bertz CT molecular complexity index is 216. The van der Waals surface area contributed by atoms with Gasteiger partial charge in [0.1, 0.15) is 0 Å². The van der Waals surface area contributed by atoms with E-state index in [1.54, 1.807) is 0 Å². The van der Waals surface area contributed by atoms with Crippen molar-refractivity contribution < 1.29 is 0 Å². The minimum absolute atomic E-state index is 0.653. The van der Waals surface area contributed by atoms with E-state index in [1.807, 2.05) is 0 Å². The number of nitrogens with one attached hydrogen (secondary N) is 2. The van der Waals surface area contributed by atoms with Crippen molar-refractivity contribution in [2.24, 2.45) is 11.3 Å². The molecule has 100 valence electrons. The smallest absolute Gasteiger partial charge is 0.0107 e. The molecule has 2 fully saturated rings. The molecule has 0 aromatic heterocycles. The Labute approximate surface area is 106 Å². The second kappa shape index (κ2) is 6.17. The van der Waals surface area contributed by atoms with Crippen LogP contribution in [0, 0.1) is 11.3 Å². The summed E-state index contributed by atoms with van der Waals surface area (Å²) in [5.41, 5.74) is 0.653. The van der Waals surface area contributed by atoms with Crippen LogP contribution >= 0.6 is 0 Å². The Kier molecular flexibility index (Phi) is 4.83. The predicted molar refractivity (Wildman–Crippen MR) is 73.3 cm³/mol. The topological polar surface area (TPSA) is 27.3 Å². The van der Waals surface area contributed by atoms with Crippen LogP contribution in [-0.4, -0.2) is 50.7 Å². The summed E-state index contributed by atoms with van der Waals surface area (Å²) in [4.78, 5) is 2.59. The zero-order valence-corrected chi connectivity index (χ0v) is 11.6. The van der Waals surface area contributed by atoms with Crippen LogP contribution in [0.25, 0.3) is 0 Å². The summed E-state index contributed by atoms with van der Waals surface area (Å²) >= 11 is 0. The van der Waals surface area contributed by atoms with Crippen molar-refractivity contribution >= 4 is 0 Å². The summed E-state index contributed by atoms with van der Waals surface area (Å²) < 4.78 is 0. The SMILES string of the molecule is CC(C)C1(CNCCN2CCCNCC2)CC1. The summed E-state index contributed by atoms with van der Waals surface area (Å²) in [6.07, 6.45) is 4.17. The van der Waals surface area contributed by atoms with Crippen LogP contribution < -0.4 is 10.6 Å². The summed E-state index contributed by atoms with van der Waals surface area (Å²) in [6.45, 7) is 13.2. The molecule has 0 radical (unpaired) electrons. The van der Waals surface area contributed by atoms with Gasteiger partial charge in [0.15, 0.2) is 0 Å². The molecule has 1 saturated carbocycles. The average Bonchev–Trinajstić information content (AvgIpc) is 3.10. The zero-order chi connectivity index (χ0) is 12.1. The van der Waals surface area contributed by atoms with Gasteiger partial charge in [-0.3, -0.25) is 0 Å². The first-order chi connectivity index (χ1) is 8.23. The third-order valence-corrected chi connectivity index (χ3v) is 4.63. The van der Waals surface area contributed by atoms with Crippen LogP contribution in [-0.2, 0) is 0 Å². The maximum atomic E-state index is 3.68. The minimum Gasteiger partial charge on any atom is -0.315 e. The lowest BCUT2D eigenvalue weighted by atomic mass is 9.92. The third kappa shape index (κ3) is 3.94. The van der Waals surface area contributed by atoms with E-state index >= 15 is 0 Å². The average molecular weight is 239 g/mol. The number of hydrogen-bond donors (Lipinski definition) is 2. The largest absolute Gasteiger partial charge is 0.315 e. The molecule has 0 atom stereocenters. The molecule has 0 spiro atoms. The summed E-state index contributed by atoms with van der Waals surface area (Å²) in [5, 5.41) is 7.13. The fraction of sp³-hybridized carbons (Fsp3) is 1.00. The van der Waals surface area contributed by atoms with Gasteiger partial charge in [-0.15, -0.1) is 0 Å². The van der Waals surface area contributed by atoms with E-state index in [0.29, 0.717) is 5.41 Å². The van der Waals surface area contributed by atoms with Crippen LogP contribution in [0.15, 0.2) is 0 Å². The molecule has 1 heterocycles. The van der Waals surface area contributed by atoms with Gasteiger partial charge in [0.05, 0.1) is 0 Å². The van der Waals surface area contributed by atoms with Gasteiger partial charge in [0.25, 0.3) is 0 Å². The first-order valence-electron chi connectivity index (χ1n) is 7.37. The van der Waals surface area contributed by atoms with Crippen molar-refractivity contribution in [3.8, 4) is 0 Å². The minimum atomic E-state index is 0.653. The fourth-order valence-electron chi connectivity index (χ4n) is 2.82. The molecule has 0 aromatic rings. The Morgan fingerprint density at radius 2 is 2.06 bits per heavy atom. The maximum absolute atomic E-state index is 3.68. The molecule has 3 heteroatoms. The Hall–Kier alpha value is -0.120. The van der Waals surface area contributed by atoms with E-state index in [1.165, 1.54) is 52.0 Å². The normalized spacial score (nSPS) is 24.9. The molecule has 2 N–H and O–H groups in total. The predicted octanol–water partition coefficient (Wildman–Crippen LogP) is 1.31. The van der Waals surface area contributed by atoms with Crippen molar-refractivity contribution in [3.63, 3.8) is 0 Å². The third-order valence-electron chi connectivity index (χ3n) is 4.63. The number of hydrogen-bond acceptors (Lipinski definition) is 3. The van der Waals surface area contributed by atoms with Crippen LogP contribution in [0.5, 0.6) is 0 Å². The van der Waals surface area contributed by atoms with Crippen molar-refractivity contribution in [3.05, 3.63) is 0 Å². The molecule has 0 amide bonds. The lowest BCUT2D eigenvalue weighted by Gasteiger charge is -2.23. The monoisotopic (exact) mass is 239 g/mol. The van der Waals surface area contributed by atoms with E-state index in [4.69, 9.17) is 0 Å². The highest BCUT2D eigenvalue weighted by molar-refractivity contribution is 4.97. The molecule has 0 unspecified atom stereocenters.